The van der Waals surface area contributed by atoms with Crippen molar-refractivity contribution in [2.45, 2.75) is 11.1 Å². The van der Waals surface area contributed by atoms with Gasteiger partial charge in [0.1, 0.15) is 0 Å². The summed E-state index contributed by atoms with van der Waals surface area (Å²) in [7, 11) is -4.24. The number of nitrogens with one attached hydrogen (secondary N) is 1. The van der Waals surface area contributed by atoms with E-state index in [9.17, 15) is 21.6 Å². The first-order valence-electron chi connectivity index (χ1n) is 6.46. The van der Waals surface area contributed by atoms with Crippen LogP contribution < -0.4 is 14.2 Å². The Labute approximate surface area is 140 Å². The van der Waals surface area contributed by atoms with Crippen molar-refractivity contribution in [1.82, 2.24) is 0 Å². The summed E-state index contributed by atoms with van der Waals surface area (Å²) < 4.78 is 75.6. The Hall–Kier alpha value is -2.13. The zero-order chi connectivity index (χ0) is 17.5. The molecule has 10 heteroatoms. The second kappa shape index (κ2) is 5.75. The number of sulfonamides is 1. The Balaban J connectivity index is 1.94. The van der Waals surface area contributed by atoms with E-state index in [2.05, 4.69) is 4.72 Å². The molecule has 0 saturated carbocycles. The number of alkyl halides is 3. The Kier molecular flexibility index (Phi) is 4.00. The molecule has 1 aliphatic heterocycles. The van der Waals surface area contributed by atoms with Crippen molar-refractivity contribution in [2.24, 2.45) is 0 Å². The van der Waals surface area contributed by atoms with Crippen molar-refractivity contribution in [3.63, 3.8) is 0 Å². The van der Waals surface area contributed by atoms with Gasteiger partial charge in [-0.2, -0.15) is 13.2 Å². The summed E-state index contributed by atoms with van der Waals surface area (Å²) in [4.78, 5) is -0.558. The topological polar surface area (TPSA) is 64.6 Å². The molecule has 0 radical (unpaired) electrons. The van der Waals surface area contributed by atoms with Crippen molar-refractivity contribution < 1.29 is 31.1 Å². The van der Waals surface area contributed by atoms with Crippen molar-refractivity contribution in [3.8, 4) is 11.5 Å². The van der Waals surface area contributed by atoms with E-state index in [0.717, 1.165) is 12.1 Å². The van der Waals surface area contributed by atoms with E-state index in [0.29, 0.717) is 17.6 Å². The average Bonchev–Trinajstić information content (AvgIpc) is 2.93. The fourth-order valence-corrected chi connectivity index (χ4v) is 3.36. The molecule has 0 spiro atoms. The maximum absolute atomic E-state index is 12.9. The molecule has 5 nitrogen and oxygen atoms in total. The predicted molar refractivity (Wildman–Crippen MR) is 79.8 cm³/mol. The van der Waals surface area contributed by atoms with Crippen molar-refractivity contribution in [2.75, 3.05) is 11.5 Å². The van der Waals surface area contributed by atoms with Crippen molar-refractivity contribution in [3.05, 3.63) is 47.0 Å². The van der Waals surface area contributed by atoms with Crippen molar-refractivity contribution in [1.29, 1.82) is 0 Å². The van der Waals surface area contributed by atoms with Gasteiger partial charge in [0.15, 0.2) is 11.5 Å². The van der Waals surface area contributed by atoms with Crippen LogP contribution in [0.2, 0.25) is 5.02 Å². The number of hydrogen-bond acceptors (Lipinski definition) is 4. The third-order valence-corrected chi connectivity index (χ3v) is 4.89. The molecule has 1 heterocycles. The lowest BCUT2D eigenvalue weighted by Gasteiger charge is -2.12. The maximum Gasteiger partial charge on any atom is 0.417 e. The summed E-state index contributed by atoms with van der Waals surface area (Å²) in [6, 6.07) is 6.64. The summed E-state index contributed by atoms with van der Waals surface area (Å²) in [5.41, 5.74) is -1.10. The van der Waals surface area contributed by atoms with E-state index in [1.54, 1.807) is 0 Å². The van der Waals surface area contributed by atoms with Crippen LogP contribution in [0.25, 0.3) is 0 Å². The van der Waals surface area contributed by atoms with Crippen LogP contribution in [0.5, 0.6) is 11.5 Å². The van der Waals surface area contributed by atoms with Crippen LogP contribution in [0.4, 0.5) is 18.9 Å². The molecule has 0 bridgehead atoms. The first-order chi connectivity index (χ1) is 11.2. The first kappa shape index (κ1) is 16.7. The SMILES string of the molecule is O=S(=O)(Nc1ccc2c(c1)OCO2)c1ccc(Cl)c(C(F)(F)F)c1. The van der Waals surface area contributed by atoms with E-state index >= 15 is 0 Å². The molecule has 0 aliphatic carbocycles. The predicted octanol–water partition coefficient (Wildman–Crippen LogP) is 3.89. The Morgan fingerprint density at radius 2 is 1.75 bits per heavy atom. The summed E-state index contributed by atoms with van der Waals surface area (Å²) in [6.07, 6.45) is -4.76. The number of halogens is 4. The fourth-order valence-electron chi connectivity index (χ4n) is 2.06. The first-order valence-corrected chi connectivity index (χ1v) is 8.32. The molecule has 0 aromatic heterocycles. The minimum atomic E-state index is -4.76. The largest absolute Gasteiger partial charge is 0.454 e. The van der Waals surface area contributed by atoms with Gasteiger partial charge < -0.3 is 9.47 Å². The van der Waals surface area contributed by atoms with Crippen LogP contribution in [0.15, 0.2) is 41.3 Å². The molecule has 24 heavy (non-hydrogen) atoms. The Bertz CT molecular complexity index is 899. The normalized spacial score (nSPS) is 13.8. The molecule has 0 unspecified atom stereocenters. The molecule has 3 rings (SSSR count). The fraction of sp³-hybridized carbons (Fsp3) is 0.143. The molecule has 2 aromatic rings. The van der Waals surface area contributed by atoms with E-state index in [1.165, 1.54) is 18.2 Å². The van der Waals surface area contributed by atoms with Gasteiger partial charge in [-0.05, 0) is 30.3 Å². The van der Waals surface area contributed by atoms with Gasteiger partial charge in [0.05, 0.1) is 21.2 Å². The molecule has 0 fully saturated rings. The zero-order valence-corrected chi connectivity index (χ0v) is 13.3. The number of anilines is 1. The molecule has 0 saturated heterocycles. The second-order valence-electron chi connectivity index (χ2n) is 4.81. The monoisotopic (exact) mass is 379 g/mol. The molecule has 0 atom stereocenters. The van der Waals surface area contributed by atoms with Crippen LogP contribution >= 0.6 is 11.6 Å². The minimum Gasteiger partial charge on any atom is -0.454 e. The molecular weight excluding hydrogens is 371 g/mol. The summed E-state index contributed by atoms with van der Waals surface area (Å²) in [5, 5.41) is -0.579. The second-order valence-corrected chi connectivity index (χ2v) is 6.90. The molecule has 0 amide bonds. The van der Waals surface area contributed by atoms with Gasteiger partial charge >= 0.3 is 6.18 Å². The highest BCUT2D eigenvalue weighted by Crippen LogP contribution is 2.37. The van der Waals surface area contributed by atoms with Crippen molar-refractivity contribution >= 4 is 27.3 Å². The van der Waals surface area contributed by atoms with E-state index in [4.69, 9.17) is 21.1 Å². The highest BCUT2D eigenvalue weighted by molar-refractivity contribution is 7.92. The number of benzene rings is 2. The quantitative estimate of drug-likeness (QED) is 0.878. The average molecular weight is 380 g/mol. The lowest BCUT2D eigenvalue weighted by atomic mass is 10.2. The Morgan fingerprint density at radius 1 is 1.04 bits per heavy atom. The number of fused-ring (bicyclic) bond motifs is 1. The van der Waals surface area contributed by atoms with Gasteiger partial charge in [-0.25, -0.2) is 8.42 Å². The maximum atomic E-state index is 12.9. The van der Waals surface area contributed by atoms with Gasteiger partial charge in [0.2, 0.25) is 6.79 Å². The van der Waals surface area contributed by atoms with E-state index in [1.807, 2.05) is 0 Å². The number of ether oxygens (including phenoxy) is 2. The smallest absolute Gasteiger partial charge is 0.417 e. The molecular formula is C14H9ClF3NO4S. The number of hydrogen-bond donors (Lipinski definition) is 1. The molecule has 1 aliphatic rings. The summed E-state index contributed by atoms with van der Waals surface area (Å²) in [6.45, 7) is 0.0116. The lowest BCUT2D eigenvalue weighted by molar-refractivity contribution is -0.137. The highest BCUT2D eigenvalue weighted by atomic mass is 35.5. The van der Waals surface area contributed by atoms with E-state index < -0.39 is 31.7 Å². The van der Waals surface area contributed by atoms with Crippen LogP contribution in [-0.2, 0) is 16.2 Å². The number of rotatable bonds is 3. The standard InChI is InChI=1S/C14H9ClF3NO4S/c15-11-3-2-9(6-10(11)14(16,17)18)24(20,21)19-8-1-4-12-13(5-8)23-7-22-12/h1-6,19H,7H2. The summed E-state index contributed by atoms with van der Waals surface area (Å²) in [5.74, 6) is 0.783. The molecule has 128 valence electrons. The van der Waals surface area contributed by atoms with Crippen LogP contribution in [0.3, 0.4) is 0 Å². The van der Waals surface area contributed by atoms with Gasteiger partial charge in [-0.1, -0.05) is 11.6 Å². The van der Waals surface area contributed by atoms with Gasteiger partial charge in [0, 0.05) is 6.07 Å². The van der Waals surface area contributed by atoms with Gasteiger partial charge in [0.25, 0.3) is 10.0 Å². The minimum absolute atomic E-state index is 0.0116. The molecule has 2 aromatic carbocycles. The van der Waals surface area contributed by atoms with Crippen LogP contribution in [-0.4, -0.2) is 15.2 Å². The lowest BCUT2D eigenvalue weighted by Crippen LogP contribution is -2.15. The van der Waals surface area contributed by atoms with Crippen LogP contribution in [0.1, 0.15) is 5.56 Å². The van der Waals surface area contributed by atoms with Crippen LogP contribution in [0, 0.1) is 0 Å². The Morgan fingerprint density at radius 3 is 2.46 bits per heavy atom. The molecule has 1 N–H and O–H groups in total. The summed E-state index contributed by atoms with van der Waals surface area (Å²) >= 11 is 5.49. The van der Waals surface area contributed by atoms with Gasteiger partial charge in [-0.3, -0.25) is 4.72 Å². The zero-order valence-electron chi connectivity index (χ0n) is 11.7. The third kappa shape index (κ3) is 3.22. The highest BCUT2D eigenvalue weighted by Gasteiger charge is 2.34. The van der Waals surface area contributed by atoms with Gasteiger partial charge in [-0.15, -0.1) is 0 Å². The van der Waals surface area contributed by atoms with E-state index in [-0.39, 0.29) is 12.5 Å². The third-order valence-electron chi connectivity index (χ3n) is 3.18.